The summed E-state index contributed by atoms with van der Waals surface area (Å²) in [4.78, 5) is 28.3. The summed E-state index contributed by atoms with van der Waals surface area (Å²) in [5.74, 6) is 0.314. The molecule has 158 valence electrons. The predicted molar refractivity (Wildman–Crippen MR) is 114 cm³/mol. The Morgan fingerprint density at radius 1 is 1.03 bits per heavy atom. The molecule has 0 aliphatic heterocycles. The highest BCUT2D eigenvalue weighted by atomic mass is 19.1. The molecule has 1 unspecified atom stereocenters. The molecule has 3 fully saturated rings. The predicted octanol–water partition coefficient (Wildman–Crippen LogP) is 4.61. The molecule has 0 saturated heterocycles. The Hall–Kier alpha value is -2.69. The van der Waals surface area contributed by atoms with E-state index in [1.54, 1.807) is 24.1 Å². The number of hydrogen-bond acceptors (Lipinski definition) is 2. The van der Waals surface area contributed by atoms with Crippen LogP contribution in [-0.4, -0.2) is 23.8 Å². The summed E-state index contributed by atoms with van der Waals surface area (Å²) in [7, 11) is 1.72. The van der Waals surface area contributed by atoms with Crippen molar-refractivity contribution < 1.29 is 14.0 Å². The second kappa shape index (κ2) is 8.58. The van der Waals surface area contributed by atoms with Crippen molar-refractivity contribution in [3.05, 3.63) is 71.5 Å². The largest absolute Gasteiger partial charge is 0.340 e. The molecular formula is C25H29FN2O2. The Morgan fingerprint density at radius 2 is 1.63 bits per heavy atom. The van der Waals surface area contributed by atoms with Gasteiger partial charge in [0.25, 0.3) is 0 Å². The summed E-state index contributed by atoms with van der Waals surface area (Å²) in [6.45, 7) is 0.352. The van der Waals surface area contributed by atoms with Crippen LogP contribution in [0.1, 0.15) is 55.7 Å². The summed E-state index contributed by atoms with van der Waals surface area (Å²) in [5, 5.41) is 3.10. The second-order valence-electron chi connectivity index (χ2n) is 8.90. The molecule has 0 spiro atoms. The minimum atomic E-state index is -0.724. The number of halogens is 1. The van der Waals surface area contributed by atoms with Gasteiger partial charge in [-0.05, 0) is 67.7 Å². The molecule has 0 radical (unpaired) electrons. The molecule has 2 aromatic rings. The number of amides is 2. The molecule has 1 N–H and O–H groups in total. The summed E-state index contributed by atoms with van der Waals surface area (Å²) in [6.07, 6.45) is 6.10. The van der Waals surface area contributed by atoms with Crippen LogP contribution in [-0.2, 0) is 16.1 Å². The normalized spacial score (nSPS) is 23.6. The summed E-state index contributed by atoms with van der Waals surface area (Å²) >= 11 is 0. The summed E-state index contributed by atoms with van der Waals surface area (Å²) in [6, 6.07) is 14.8. The fraction of sp³-hybridized carbons (Fsp3) is 0.440. The van der Waals surface area contributed by atoms with E-state index in [0.29, 0.717) is 6.54 Å². The number of carbonyl (C=O) groups excluding carboxylic acids is 2. The third-order valence-electron chi connectivity index (χ3n) is 6.94. The molecule has 30 heavy (non-hydrogen) atoms. The van der Waals surface area contributed by atoms with Crippen LogP contribution in [0.25, 0.3) is 0 Å². The molecule has 1 atom stereocenters. The zero-order chi connectivity index (χ0) is 21.1. The number of likely N-dealkylation sites (N-methyl/N-ethyl adjacent to an activating group) is 1. The van der Waals surface area contributed by atoms with Crippen molar-refractivity contribution in [3.8, 4) is 0 Å². The third kappa shape index (κ3) is 4.25. The second-order valence-corrected chi connectivity index (χ2v) is 8.90. The zero-order valence-corrected chi connectivity index (χ0v) is 17.4. The molecule has 3 aliphatic carbocycles. The SMILES string of the molecule is CN(Cc1ccc(F)cc1)C(=O)C(NC(=O)C12CCC(CC1)CC2)c1ccccc1. The molecule has 0 aromatic heterocycles. The Bertz CT molecular complexity index is 875. The van der Waals surface area contributed by atoms with Gasteiger partial charge >= 0.3 is 0 Å². The average molecular weight is 409 g/mol. The van der Waals surface area contributed by atoms with E-state index in [9.17, 15) is 14.0 Å². The number of fused-ring (bicyclic) bond motifs is 3. The molecule has 4 nitrogen and oxygen atoms in total. The van der Waals surface area contributed by atoms with Gasteiger partial charge < -0.3 is 10.2 Å². The van der Waals surface area contributed by atoms with Gasteiger partial charge in [0.05, 0.1) is 0 Å². The van der Waals surface area contributed by atoms with Gasteiger partial charge in [-0.15, -0.1) is 0 Å². The van der Waals surface area contributed by atoms with Crippen LogP contribution >= 0.6 is 0 Å². The van der Waals surface area contributed by atoms with E-state index in [0.717, 1.165) is 55.6 Å². The van der Waals surface area contributed by atoms with E-state index >= 15 is 0 Å². The first kappa shape index (κ1) is 20.6. The lowest BCUT2D eigenvalue weighted by Crippen LogP contribution is -2.50. The minimum Gasteiger partial charge on any atom is -0.340 e. The Morgan fingerprint density at radius 3 is 2.23 bits per heavy atom. The molecule has 3 saturated carbocycles. The van der Waals surface area contributed by atoms with E-state index < -0.39 is 6.04 Å². The van der Waals surface area contributed by atoms with E-state index in [1.165, 1.54) is 12.1 Å². The lowest BCUT2D eigenvalue weighted by molar-refractivity contribution is -0.143. The Labute approximate surface area is 177 Å². The smallest absolute Gasteiger partial charge is 0.249 e. The van der Waals surface area contributed by atoms with E-state index in [1.807, 2.05) is 30.3 Å². The first-order valence-corrected chi connectivity index (χ1v) is 10.8. The van der Waals surface area contributed by atoms with Crippen LogP contribution in [0.15, 0.2) is 54.6 Å². The van der Waals surface area contributed by atoms with Crippen LogP contribution in [0.5, 0.6) is 0 Å². The highest BCUT2D eigenvalue weighted by Crippen LogP contribution is 2.50. The number of carbonyl (C=O) groups is 2. The highest BCUT2D eigenvalue weighted by Gasteiger charge is 2.46. The fourth-order valence-corrected chi connectivity index (χ4v) is 4.97. The van der Waals surface area contributed by atoms with Crippen molar-refractivity contribution >= 4 is 11.8 Å². The van der Waals surface area contributed by atoms with Crippen molar-refractivity contribution in [1.82, 2.24) is 10.2 Å². The van der Waals surface area contributed by atoms with Gasteiger partial charge in [0, 0.05) is 19.0 Å². The monoisotopic (exact) mass is 408 g/mol. The number of hydrogen-bond donors (Lipinski definition) is 1. The Kier molecular flexibility index (Phi) is 5.89. The number of nitrogens with zero attached hydrogens (tertiary/aromatic N) is 1. The molecule has 5 rings (SSSR count). The molecule has 5 heteroatoms. The maximum atomic E-state index is 13.4. The molecule has 2 bridgehead atoms. The van der Waals surface area contributed by atoms with Crippen LogP contribution in [0.4, 0.5) is 4.39 Å². The van der Waals surface area contributed by atoms with Crippen LogP contribution in [0, 0.1) is 17.2 Å². The number of benzene rings is 2. The first-order valence-electron chi connectivity index (χ1n) is 10.8. The molecule has 0 heterocycles. The van der Waals surface area contributed by atoms with E-state index in [4.69, 9.17) is 0 Å². The van der Waals surface area contributed by atoms with Gasteiger partial charge in [-0.25, -0.2) is 4.39 Å². The average Bonchev–Trinajstić information content (AvgIpc) is 2.80. The van der Waals surface area contributed by atoms with Gasteiger partial charge in [0.1, 0.15) is 11.9 Å². The standard InChI is InChI=1S/C25H29FN2O2/c1-28(17-19-7-9-21(26)10-8-19)23(29)22(20-5-3-2-4-6-20)27-24(30)25-14-11-18(12-15-25)13-16-25/h2-10,18,22H,11-17H2,1H3,(H,27,30). The topological polar surface area (TPSA) is 49.4 Å². The molecule has 2 aromatic carbocycles. The molecular weight excluding hydrogens is 379 g/mol. The zero-order valence-electron chi connectivity index (χ0n) is 17.4. The number of nitrogens with one attached hydrogen (secondary N) is 1. The maximum absolute atomic E-state index is 13.4. The lowest BCUT2D eigenvalue weighted by atomic mass is 9.60. The molecule has 2 amide bonds. The fourth-order valence-electron chi connectivity index (χ4n) is 4.97. The number of rotatable bonds is 6. The summed E-state index contributed by atoms with van der Waals surface area (Å²) in [5.41, 5.74) is 1.30. The van der Waals surface area contributed by atoms with Gasteiger partial charge in [-0.2, -0.15) is 0 Å². The van der Waals surface area contributed by atoms with Gasteiger partial charge in [-0.1, -0.05) is 42.5 Å². The first-order chi connectivity index (χ1) is 14.5. The molecule has 3 aliphatic rings. The maximum Gasteiger partial charge on any atom is 0.249 e. The van der Waals surface area contributed by atoms with Gasteiger partial charge in [0.15, 0.2) is 0 Å². The Balaban J connectivity index is 1.53. The van der Waals surface area contributed by atoms with Crippen molar-refractivity contribution in [2.24, 2.45) is 11.3 Å². The minimum absolute atomic E-state index is 0.0121. The van der Waals surface area contributed by atoms with Crippen LogP contribution in [0.2, 0.25) is 0 Å². The van der Waals surface area contributed by atoms with Crippen molar-refractivity contribution in [1.29, 1.82) is 0 Å². The highest BCUT2D eigenvalue weighted by molar-refractivity contribution is 5.91. The van der Waals surface area contributed by atoms with Gasteiger partial charge in [0.2, 0.25) is 11.8 Å². The van der Waals surface area contributed by atoms with E-state index in [2.05, 4.69) is 5.32 Å². The summed E-state index contributed by atoms with van der Waals surface area (Å²) < 4.78 is 13.2. The third-order valence-corrected chi connectivity index (χ3v) is 6.94. The van der Waals surface area contributed by atoms with Crippen LogP contribution < -0.4 is 5.32 Å². The van der Waals surface area contributed by atoms with Crippen molar-refractivity contribution in [2.45, 2.75) is 51.1 Å². The lowest BCUT2D eigenvalue weighted by Gasteiger charge is -2.45. The van der Waals surface area contributed by atoms with Crippen LogP contribution in [0.3, 0.4) is 0 Å². The van der Waals surface area contributed by atoms with Crippen molar-refractivity contribution in [3.63, 3.8) is 0 Å². The van der Waals surface area contributed by atoms with E-state index in [-0.39, 0.29) is 23.0 Å². The van der Waals surface area contributed by atoms with Gasteiger partial charge in [-0.3, -0.25) is 9.59 Å². The van der Waals surface area contributed by atoms with Crippen molar-refractivity contribution in [2.75, 3.05) is 7.05 Å². The quantitative estimate of drug-likeness (QED) is 0.759.